The molecule has 0 bridgehead atoms. The number of nitrogens with two attached hydrogens (primary N) is 1. The van der Waals surface area contributed by atoms with E-state index in [2.05, 4.69) is 10.6 Å². The van der Waals surface area contributed by atoms with Crippen molar-refractivity contribution in [2.24, 2.45) is 5.73 Å². The molecule has 0 saturated carbocycles. The number of anilines is 1. The van der Waals surface area contributed by atoms with Crippen LogP contribution in [0.1, 0.15) is 16.8 Å². The minimum atomic E-state index is -0.624. The van der Waals surface area contributed by atoms with Gasteiger partial charge in [0.05, 0.1) is 10.6 Å². The molecule has 0 spiro atoms. The first-order valence-electron chi connectivity index (χ1n) is 5.08. The van der Waals surface area contributed by atoms with Crippen LogP contribution in [0.25, 0.3) is 0 Å². The number of hydrogen-bond donors (Lipinski definition) is 3. The van der Waals surface area contributed by atoms with E-state index in [0.717, 1.165) is 0 Å². The Bertz CT molecular complexity index is 438. The van der Waals surface area contributed by atoms with E-state index in [9.17, 15) is 9.59 Å². The van der Waals surface area contributed by atoms with Crippen molar-refractivity contribution in [1.29, 1.82) is 0 Å². The van der Waals surface area contributed by atoms with Gasteiger partial charge < -0.3 is 16.4 Å². The molecule has 4 N–H and O–H groups in total. The molecule has 0 aliphatic carbocycles. The van der Waals surface area contributed by atoms with Crippen molar-refractivity contribution in [2.75, 3.05) is 18.9 Å². The molecule has 0 aliphatic rings. The second-order valence-electron chi connectivity index (χ2n) is 3.46. The number of halogens is 2. The number of hydrogen-bond acceptors (Lipinski definition) is 3. The average molecular weight is 292 g/mol. The highest BCUT2D eigenvalue weighted by molar-refractivity contribution is 6.33. The SMILES string of the molecule is CNCCC(=O)Nc1ccc(Cl)c(C(N)=O)c1.Cl. The lowest BCUT2D eigenvalue weighted by Crippen LogP contribution is -2.19. The van der Waals surface area contributed by atoms with Gasteiger partial charge in [-0.2, -0.15) is 0 Å². The van der Waals surface area contributed by atoms with Crippen molar-refractivity contribution in [3.05, 3.63) is 28.8 Å². The first-order valence-corrected chi connectivity index (χ1v) is 5.46. The highest BCUT2D eigenvalue weighted by Crippen LogP contribution is 2.20. The zero-order chi connectivity index (χ0) is 12.8. The van der Waals surface area contributed by atoms with Crippen LogP contribution < -0.4 is 16.4 Å². The topological polar surface area (TPSA) is 84.2 Å². The Hall–Kier alpha value is -1.30. The molecule has 0 saturated heterocycles. The van der Waals surface area contributed by atoms with Crippen molar-refractivity contribution in [3.8, 4) is 0 Å². The summed E-state index contributed by atoms with van der Waals surface area (Å²) in [6, 6.07) is 4.60. The van der Waals surface area contributed by atoms with Crippen LogP contribution in [-0.2, 0) is 4.79 Å². The number of benzene rings is 1. The van der Waals surface area contributed by atoms with Gasteiger partial charge in [-0.25, -0.2) is 0 Å². The minimum Gasteiger partial charge on any atom is -0.366 e. The van der Waals surface area contributed by atoms with E-state index in [1.165, 1.54) is 12.1 Å². The summed E-state index contributed by atoms with van der Waals surface area (Å²) in [6.07, 6.45) is 0.352. The van der Waals surface area contributed by atoms with Gasteiger partial charge in [0.1, 0.15) is 0 Å². The molecule has 0 radical (unpaired) electrons. The predicted molar refractivity (Wildman–Crippen MR) is 74.4 cm³/mol. The maximum Gasteiger partial charge on any atom is 0.250 e. The second-order valence-corrected chi connectivity index (χ2v) is 3.87. The highest BCUT2D eigenvalue weighted by atomic mass is 35.5. The van der Waals surface area contributed by atoms with Gasteiger partial charge in [0.25, 0.3) is 0 Å². The molecule has 1 aromatic carbocycles. The van der Waals surface area contributed by atoms with Gasteiger partial charge >= 0.3 is 0 Å². The van der Waals surface area contributed by atoms with Crippen molar-refractivity contribution in [2.45, 2.75) is 6.42 Å². The largest absolute Gasteiger partial charge is 0.366 e. The summed E-state index contributed by atoms with van der Waals surface area (Å²) in [4.78, 5) is 22.5. The fraction of sp³-hybridized carbons (Fsp3) is 0.273. The average Bonchev–Trinajstić information content (AvgIpc) is 2.28. The highest BCUT2D eigenvalue weighted by Gasteiger charge is 2.09. The molecule has 7 heteroatoms. The lowest BCUT2D eigenvalue weighted by atomic mass is 10.2. The maximum atomic E-state index is 11.4. The predicted octanol–water partition coefficient (Wildman–Crippen LogP) is 1.41. The summed E-state index contributed by atoms with van der Waals surface area (Å²) in [6.45, 7) is 0.585. The molecule has 100 valence electrons. The molecule has 1 aromatic rings. The molecular weight excluding hydrogens is 277 g/mol. The third-order valence-electron chi connectivity index (χ3n) is 2.12. The molecular formula is C11H15Cl2N3O2. The molecule has 0 fully saturated rings. The first kappa shape index (κ1) is 16.7. The van der Waals surface area contributed by atoms with Gasteiger partial charge in [-0.05, 0) is 25.2 Å². The van der Waals surface area contributed by atoms with Gasteiger partial charge in [-0.15, -0.1) is 12.4 Å². The summed E-state index contributed by atoms with van der Waals surface area (Å²) in [7, 11) is 1.76. The van der Waals surface area contributed by atoms with Crippen LogP contribution in [0.4, 0.5) is 5.69 Å². The fourth-order valence-electron chi connectivity index (χ4n) is 1.25. The van der Waals surface area contributed by atoms with E-state index < -0.39 is 5.91 Å². The molecule has 1 rings (SSSR count). The lowest BCUT2D eigenvalue weighted by molar-refractivity contribution is -0.116. The van der Waals surface area contributed by atoms with Crippen LogP contribution in [0, 0.1) is 0 Å². The van der Waals surface area contributed by atoms with Crippen LogP contribution in [0.3, 0.4) is 0 Å². The van der Waals surface area contributed by atoms with Crippen LogP contribution in [0.15, 0.2) is 18.2 Å². The number of carbonyl (C=O) groups excluding carboxylic acids is 2. The summed E-state index contributed by atoms with van der Waals surface area (Å²) >= 11 is 5.79. The Morgan fingerprint density at radius 2 is 2.06 bits per heavy atom. The number of primary amides is 1. The quantitative estimate of drug-likeness (QED) is 0.767. The Morgan fingerprint density at radius 3 is 2.61 bits per heavy atom. The van der Waals surface area contributed by atoms with Crippen LogP contribution in [0.5, 0.6) is 0 Å². The van der Waals surface area contributed by atoms with Gasteiger partial charge in [0.2, 0.25) is 11.8 Å². The lowest BCUT2D eigenvalue weighted by Gasteiger charge is -2.07. The number of amides is 2. The van der Waals surface area contributed by atoms with E-state index >= 15 is 0 Å². The number of carbonyl (C=O) groups is 2. The molecule has 2 amide bonds. The Morgan fingerprint density at radius 1 is 1.39 bits per heavy atom. The van der Waals surface area contributed by atoms with Crippen LogP contribution in [-0.4, -0.2) is 25.4 Å². The molecule has 18 heavy (non-hydrogen) atoms. The molecule has 0 heterocycles. The van der Waals surface area contributed by atoms with Crippen molar-refractivity contribution in [1.82, 2.24) is 5.32 Å². The third kappa shape index (κ3) is 4.91. The Labute approximate surface area is 116 Å². The molecule has 0 unspecified atom stereocenters. The van der Waals surface area contributed by atoms with Crippen LogP contribution in [0.2, 0.25) is 5.02 Å². The first-order chi connectivity index (χ1) is 8.04. The molecule has 0 atom stereocenters. The van der Waals surface area contributed by atoms with E-state index in [4.69, 9.17) is 17.3 Å². The second kappa shape index (κ2) is 7.92. The Kier molecular flexibility index (Phi) is 7.35. The Balaban J connectivity index is 0.00000289. The molecule has 0 aromatic heterocycles. The third-order valence-corrected chi connectivity index (χ3v) is 2.45. The van der Waals surface area contributed by atoms with Crippen molar-refractivity contribution in [3.63, 3.8) is 0 Å². The summed E-state index contributed by atoms with van der Waals surface area (Å²) in [5.41, 5.74) is 5.85. The minimum absolute atomic E-state index is 0. The summed E-state index contributed by atoms with van der Waals surface area (Å²) in [5, 5.41) is 5.79. The number of rotatable bonds is 5. The van der Waals surface area contributed by atoms with Crippen molar-refractivity contribution < 1.29 is 9.59 Å². The number of nitrogens with one attached hydrogen (secondary N) is 2. The van der Waals surface area contributed by atoms with Gasteiger partial charge in [0.15, 0.2) is 0 Å². The zero-order valence-corrected chi connectivity index (χ0v) is 11.4. The normalized spacial score (nSPS) is 9.44. The fourth-order valence-corrected chi connectivity index (χ4v) is 1.46. The van der Waals surface area contributed by atoms with E-state index in [-0.39, 0.29) is 28.9 Å². The molecule has 0 aliphatic heterocycles. The summed E-state index contributed by atoms with van der Waals surface area (Å²) in [5.74, 6) is -0.765. The van der Waals surface area contributed by atoms with Crippen LogP contribution >= 0.6 is 24.0 Å². The maximum absolute atomic E-state index is 11.4. The van der Waals surface area contributed by atoms with Crippen molar-refractivity contribution >= 4 is 41.5 Å². The monoisotopic (exact) mass is 291 g/mol. The smallest absolute Gasteiger partial charge is 0.250 e. The van der Waals surface area contributed by atoms with Gasteiger partial charge in [-0.3, -0.25) is 9.59 Å². The van der Waals surface area contributed by atoms with E-state index in [1.54, 1.807) is 13.1 Å². The van der Waals surface area contributed by atoms with E-state index in [1.807, 2.05) is 0 Å². The standard InChI is InChI=1S/C11H14ClN3O2.ClH/c1-14-5-4-10(16)15-7-2-3-9(12)8(6-7)11(13)17;/h2-3,6,14H,4-5H2,1H3,(H2,13,17)(H,15,16);1H. The van der Waals surface area contributed by atoms with Gasteiger partial charge in [0, 0.05) is 18.7 Å². The van der Waals surface area contributed by atoms with E-state index in [0.29, 0.717) is 18.7 Å². The molecule has 5 nitrogen and oxygen atoms in total. The summed E-state index contributed by atoms with van der Waals surface area (Å²) < 4.78 is 0. The van der Waals surface area contributed by atoms with Gasteiger partial charge in [-0.1, -0.05) is 11.6 Å². The zero-order valence-electron chi connectivity index (χ0n) is 9.83.